The molecule has 0 aliphatic carbocycles. The molecule has 2 aromatic carbocycles. The predicted molar refractivity (Wildman–Crippen MR) is 68.1 cm³/mol. The van der Waals surface area contributed by atoms with E-state index in [0.717, 1.165) is 11.4 Å². The van der Waals surface area contributed by atoms with Gasteiger partial charge in [0.25, 0.3) is 0 Å². The Labute approximate surface area is 97.5 Å². The van der Waals surface area contributed by atoms with Gasteiger partial charge in [0.1, 0.15) is 0 Å². The van der Waals surface area contributed by atoms with Crippen molar-refractivity contribution in [2.24, 2.45) is 10.2 Å². The van der Waals surface area contributed by atoms with E-state index >= 15 is 0 Å². The summed E-state index contributed by atoms with van der Waals surface area (Å²) in [4.78, 5) is 0. The normalized spacial score (nSPS) is 9.81. The molecule has 0 aliphatic heterocycles. The van der Waals surface area contributed by atoms with Crippen LogP contribution < -0.4 is 0 Å². The molecule has 2 aromatic rings. The van der Waals surface area contributed by atoms with Gasteiger partial charge in [-0.1, -0.05) is 36.4 Å². The van der Waals surface area contributed by atoms with Crippen molar-refractivity contribution < 1.29 is 4.11 Å². The summed E-state index contributed by atoms with van der Waals surface area (Å²) in [5.41, 5.74) is 1.74. The van der Waals surface area contributed by atoms with E-state index in [1.54, 1.807) is 0 Å². The van der Waals surface area contributed by atoms with Gasteiger partial charge in [-0.2, -0.15) is 10.2 Å². The zero-order valence-electron chi connectivity index (χ0n) is 9.05. The van der Waals surface area contributed by atoms with Gasteiger partial charge in [0.05, 0.1) is 11.4 Å². The van der Waals surface area contributed by atoms with Crippen molar-refractivity contribution in [2.45, 2.75) is 0 Å². The van der Waals surface area contributed by atoms with Crippen LogP contribution in [0.2, 0.25) is 0 Å². The maximum atomic E-state index is 9.64. The predicted octanol–water partition coefficient (Wildman–Crippen LogP) is 3.34. The van der Waals surface area contributed by atoms with Gasteiger partial charge in [0, 0.05) is 0 Å². The van der Waals surface area contributed by atoms with E-state index in [1.807, 2.05) is 60.7 Å². The SMILES string of the molecule is F[SiH3].c1ccc(N=Nc2ccccc2)cc1. The minimum Gasteiger partial charge on any atom is -0.327 e. The van der Waals surface area contributed by atoms with Gasteiger partial charge in [0.15, 0.2) is 0 Å². The molecular weight excluding hydrogens is 219 g/mol. The Balaban J connectivity index is 0.000000606. The highest BCUT2D eigenvalue weighted by atomic mass is 28.2. The quantitative estimate of drug-likeness (QED) is 0.431. The molecule has 0 saturated carbocycles. The van der Waals surface area contributed by atoms with Crippen molar-refractivity contribution in [1.29, 1.82) is 0 Å². The summed E-state index contributed by atoms with van der Waals surface area (Å²) in [5, 5.41) is 8.20. The van der Waals surface area contributed by atoms with Crippen LogP contribution >= 0.6 is 0 Å². The van der Waals surface area contributed by atoms with Crippen LogP contribution in [0.3, 0.4) is 0 Å². The summed E-state index contributed by atoms with van der Waals surface area (Å²) in [7, 11) is -0.194. The lowest BCUT2D eigenvalue weighted by molar-refractivity contribution is 0.902. The lowest BCUT2D eigenvalue weighted by Crippen LogP contribution is -1.62. The Bertz CT molecular complexity index is 376. The maximum absolute atomic E-state index is 9.64. The van der Waals surface area contributed by atoms with E-state index in [2.05, 4.69) is 10.2 Å². The Morgan fingerprint density at radius 2 is 0.938 bits per heavy atom. The van der Waals surface area contributed by atoms with E-state index in [9.17, 15) is 4.11 Å². The fourth-order valence-electron chi connectivity index (χ4n) is 1.10. The number of hydrogen-bond acceptors (Lipinski definition) is 2. The summed E-state index contributed by atoms with van der Waals surface area (Å²) in [6, 6.07) is 19.4. The second-order valence-corrected chi connectivity index (χ2v) is 2.87. The second-order valence-electron chi connectivity index (χ2n) is 2.87. The van der Waals surface area contributed by atoms with Crippen LogP contribution in [0.5, 0.6) is 0 Å². The Hall–Kier alpha value is -1.81. The van der Waals surface area contributed by atoms with E-state index < -0.39 is 0 Å². The van der Waals surface area contributed by atoms with Gasteiger partial charge in [0.2, 0.25) is 10.6 Å². The number of hydrogen-bond donors (Lipinski definition) is 0. The molecule has 0 heterocycles. The summed E-state index contributed by atoms with van der Waals surface area (Å²) in [6.07, 6.45) is 0. The average molecular weight is 232 g/mol. The Morgan fingerprint density at radius 3 is 1.25 bits per heavy atom. The van der Waals surface area contributed by atoms with Crippen molar-refractivity contribution in [3.05, 3.63) is 60.7 Å². The number of azo groups is 1. The summed E-state index contributed by atoms with van der Waals surface area (Å²) >= 11 is 0. The van der Waals surface area contributed by atoms with E-state index in [1.165, 1.54) is 0 Å². The molecule has 0 unspecified atom stereocenters. The highest BCUT2D eigenvalue weighted by Gasteiger charge is 1.86. The molecule has 0 bridgehead atoms. The van der Waals surface area contributed by atoms with Crippen LogP contribution in [-0.2, 0) is 0 Å². The van der Waals surface area contributed by atoms with Crippen LogP contribution in [0.25, 0.3) is 0 Å². The van der Waals surface area contributed by atoms with Crippen molar-refractivity contribution in [3.63, 3.8) is 0 Å². The third-order valence-electron chi connectivity index (χ3n) is 1.79. The number of nitrogens with zero attached hydrogens (tertiary/aromatic N) is 2. The first-order valence-electron chi connectivity index (χ1n) is 4.85. The van der Waals surface area contributed by atoms with Crippen LogP contribution in [0, 0.1) is 0 Å². The van der Waals surface area contributed by atoms with Crippen molar-refractivity contribution >= 4 is 22.0 Å². The molecule has 16 heavy (non-hydrogen) atoms. The summed E-state index contributed by atoms with van der Waals surface area (Å²) < 4.78 is 9.64. The minimum absolute atomic E-state index is 0.194. The minimum atomic E-state index is -0.194. The van der Waals surface area contributed by atoms with Gasteiger partial charge in [-0.05, 0) is 24.3 Å². The molecule has 0 spiro atoms. The summed E-state index contributed by atoms with van der Waals surface area (Å²) in [5.74, 6) is 0. The maximum Gasteiger partial charge on any atom is 0.201 e. The number of rotatable bonds is 2. The number of benzene rings is 2. The molecule has 2 rings (SSSR count). The van der Waals surface area contributed by atoms with Crippen molar-refractivity contribution in [1.82, 2.24) is 0 Å². The highest BCUT2D eigenvalue weighted by molar-refractivity contribution is 5.96. The first kappa shape index (κ1) is 12.3. The van der Waals surface area contributed by atoms with Gasteiger partial charge in [-0.25, -0.2) is 0 Å². The molecule has 0 radical (unpaired) electrons. The van der Waals surface area contributed by atoms with Crippen LogP contribution in [0.4, 0.5) is 15.5 Å². The standard InChI is InChI=1S/C12H10N2.FH3Si/c1-3-7-11(8-4-1)13-14-12-9-5-2-6-10-12;1-2/h1-10H;2H3. The van der Waals surface area contributed by atoms with E-state index in [-0.39, 0.29) is 10.6 Å². The zero-order chi connectivity index (χ0) is 11.6. The van der Waals surface area contributed by atoms with E-state index in [0.29, 0.717) is 0 Å². The first-order valence-corrected chi connectivity index (χ1v) is 5.60. The third-order valence-corrected chi connectivity index (χ3v) is 1.79. The molecule has 4 heteroatoms. The molecule has 0 saturated heterocycles. The molecule has 2 nitrogen and oxygen atoms in total. The fourth-order valence-corrected chi connectivity index (χ4v) is 1.10. The van der Waals surface area contributed by atoms with Gasteiger partial charge >= 0.3 is 0 Å². The lowest BCUT2D eigenvalue weighted by Gasteiger charge is -1.91. The molecule has 0 aromatic heterocycles. The fraction of sp³-hybridized carbons (Fsp3) is 0. The molecule has 0 amide bonds. The topological polar surface area (TPSA) is 24.7 Å². The average Bonchev–Trinajstić information content (AvgIpc) is 2.41. The monoisotopic (exact) mass is 232 g/mol. The largest absolute Gasteiger partial charge is 0.327 e. The van der Waals surface area contributed by atoms with Crippen molar-refractivity contribution in [3.8, 4) is 0 Å². The van der Waals surface area contributed by atoms with Gasteiger partial charge in [-0.3, -0.25) is 0 Å². The summed E-state index contributed by atoms with van der Waals surface area (Å²) in [6.45, 7) is 0. The van der Waals surface area contributed by atoms with Gasteiger partial charge in [-0.15, -0.1) is 0 Å². The Morgan fingerprint density at radius 1 is 0.625 bits per heavy atom. The van der Waals surface area contributed by atoms with Crippen LogP contribution in [-0.4, -0.2) is 10.6 Å². The number of halogens is 1. The highest BCUT2D eigenvalue weighted by Crippen LogP contribution is 2.16. The molecular formula is C12H13FN2Si. The van der Waals surface area contributed by atoms with E-state index in [4.69, 9.17) is 0 Å². The van der Waals surface area contributed by atoms with Crippen molar-refractivity contribution in [2.75, 3.05) is 0 Å². The third kappa shape index (κ3) is 4.14. The zero-order valence-corrected chi connectivity index (χ0v) is 11.0. The second kappa shape index (κ2) is 7.47. The molecule has 0 N–H and O–H groups in total. The Kier molecular flexibility index (Phi) is 5.73. The smallest absolute Gasteiger partial charge is 0.201 e. The van der Waals surface area contributed by atoms with Gasteiger partial charge < -0.3 is 4.11 Å². The lowest BCUT2D eigenvalue weighted by atomic mass is 10.3. The first-order chi connectivity index (χ1) is 7.95. The molecule has 82 valence electrons. The molecule has 0 aliphatic rings. The van der Waals surface area contributed by atoms with Crippen LogP contribution in [0.1, 0.15) is 0 Å². The van der Waals surface area contributed by atoms with Crippen LogP contribution in [0.15, 0.2) is 70.9 Å². The molecule has 0 fully saturated rings. The molecule has 0 atom stereocenters.